The molecule has 0 spiro atoms. The summed E-state index contributed by atoms with van der Waals surface area (Å²) >= 11 is 10.1. The Morgan fingerprint density at radius 2 is 1.76 bits per heavy atom. The van der Waals surface area contributed by atoms with Crippen molar-refractivity contribution in [1.82, 2.24) is 0 Å². The van der Waals surface area contributed by atoms with E-state index in [2.05, 4.69) is 89.0 Å². The molecule has 1 N–H and O–H groups in total. The van der Waals surface area contributed by atoms with Gasteiger partial charge in [-0.2, -0.15) is 0 Å². The molecule has 0 saturated heterocycles. The number of hydrogen-bond acceptors (Lipinski definition) is 2. The number of ether oxygens (including phenoxy) is 1. The lowest BCUT2D eigenvalue weighted by Gasteiger charge is -2.12. The maximum atomic E-state index is 12.5. The number of carbonyl (C=O) groups is 1. The monoisotopic (exact) mass is 683 g/mol. The Labute approximate surface area is 172 Å². The zero-order valence-electron chi connectivity index (χ0n) is 10.7. The molecule has 0 fully saturated rings. The summed E-state index contributed by atoms with van der Waals surface area (Å²) in [5.74, 6) is 0.480. The van der Waals surface area contributed by atoms with E-state index >= 15 is 0 Å². The number of methoxy groups -OCH3 is 1. The van der Waals surface area contributed by atoms with Gasteiger partial charge in [-0.1, -0.05) is 0 Å². The first-order valence-electron chi connectivity index (χ1n) is 5.72. The maximum absolute atomic E-state index is 12.5. The van der Waals surface area contributed by atoms with Gasteiger partial charge >= 0.3 is 0 Å². The average molecular weight is 684 g/mol. The normalized spacial score (nSPS) is 10.3. The Kier molecular flexibility index (Phi) is 6.56. The van der Waals surface area contributed by atoms with Crippen molar-refractivity contribution >= 4 is 95.3 Å². The molecule has 0 bridgehead atoms. The van der Waals surface area contributed by atoms with Crippen LogP contribution in [0.15, 0.2) is 34.8 Å². The van der Waals surface area contributed by atoms with Crippen LogP contribution in [0.1, 0.15) is 10.4 Å². The lowest BCUT2D eigenvalue weighted by Crippen LogP contribution is -2.14. The Bertz CT molecular complexity index is 684. The summed E-state index contributed by atoms with van der Waals surface area (Å²) in [5, 5.41) is 2.97. The van der Waals surface area contributed by atoms with Gasteiger partial charge in [0, 0.05) is 15.2 Å². The highest BCUT2D eigenvalue weighted by atomic mass is 127. The van der Waals surface area contributed by atoms with Gasteiger partial charge in [-0.05, 0) is 114 Å². The molecule has 0 aliphatic rings. The second kappa shape index (κ2) is 7.77. The molecule has 0 atom stereocenters. The molecule has 0 unspecified atom stereocenters. The summed E-state index contributed by atoms with van der Waals surface area (Å²) in [6.45, 7) is 0. The predicted molar refractivity (Wildman–Crippen MR) is 113 cm³/mol. The minimum Gasteiger partial charge on any atom is -0.497 e. The third kappa shape index (κ3) is 4.44. The topological polar surface area (TPSA) is 38.3 Å². The summed E-state index contributed by atoms with van der Waals surface area (Å²) < 4.78 is 9.06. The van der Waals surface area contributed by atoms with Crippen LogP contribution in [0.3, 0.4) is 0 Å². The standard InChI is InChI=1S/C14H9BrI3NO2/c1-21-8-2-3-10(15)9(6-8)14(20)19-13-11(17)4-7(16)5-12(13)18/h2-6H,1H3,(H,19,20). The van der Waals surface area contributed by atoms with Crippen molar-refractivity contribution in [2.45, 2.75) is 0 Å². The van der Waals surface area contributed by atoms with Crippen LogP contribution in [0.25, 0.3) is 0 Å². The van der Waals surface area contributed by atoms with Gasteiger partial charge in [0.15, 0.2) is 0 Å². The lowest BCUT2D eigenvalue weighted by molar-refractivity contribution is 0.102. The Balaban J connectivity index is 2.35. The number of hydrogen-bond donors (Lipinski definition) is 1. The van der Waals surface area contributed by atoms with Crippen LogP contribution in [-0.2, 0) is 0 Å². The molecule has 0 saturated carbocycles. The van der Waals surface area contributed by atoms with Crippen LogP contribution in [0.5, 0.6) is 5.75 Å². The van der Waals surface area contributed by atoms with Crippen molar-refractivity contribution in [2.75, 3.05) is 12.4 Å². The maximum Gasteiger partial charge on any atom is 0.257 e. The quantitative estimate of drug-likeness (QED) is 0.433. The second-order valence-corrected chi connectivity index (χ2v) is 8.47. The van der Waals surface area contributed by atoms with Gasteiger partial charge in [0.05, 0.1) is 18.4 Å². The molecule has 0 aliphatic heterocycles. The number of halogens is 4. The average Bonchev–Trinajstić information content (AvgIpc) is 2.43. The summed E-state index contributed by atoms with van der Waals surface area (Å²) in [6.07, 6.45) is 0. The highest BCUT2D eigenvalue weighted by Gasteiger charge is 2.15. The molecule has 2 rings (SSSR count). The predicted octanol–water partition coefficient (Wildman–Crippen LogP) is 5.52. The smallest absolute Gasteiger partial charge is 0.257 e. The van der Waals surface area contributed by atoms with Gasteiger partial charge in [-0.15, -0.1) is 0 Å². The van der Waals surface area contributed by atoms with Crippen LogP contribution in [0.4, 0.5) is 5.69 Å². The van der Waals surface area contributed by atoms with E-state index in [0.717, 1.165) is 20.9 Å². The highest BCUT2D eigenvalue weighted by molar-refractivity contribution is 14.1. The Hall–Kier alpha value is 0.380. The van der Waals surface area contributed by atoms with E-state index in [0.29, 0.717) is 11.3 Å². The van der Waals surface area contributed by atoms with Crippen LogP contribution in [-0.4, -0.2) is 13.0 Å². The molecule has 3 nitrogen and oxygen atoms in total. The molecular weight excluding hydrogens is 675 g/mol. The molecule has 110 valence electrons. The number of nitrogens with one attached hydrogen (secondary N) is 1. The number of anilines is 1. The minimum absolute atomic E-state index is 0.169. The summed E-state index contributed by atoms with van der Waals surface area (Å²) in [6, 6.07) is 9.38. The van der Waals surface area contributed by atoms with E-state index in [4.69, 9.17) is 4.74 Å². The number of carbonyl (C=O) groups excluding carboxylic acids is 1. The molecular formula is C14H9BrI3NO2. The summed E-state index contributed by atoms with van der Waals surface area (Å²) in [4.78, 5) is 12.5. The highest BCUT2D eigenvalue weighted by Crippen LogP contribution is 2.29. The van der Waals surface area contributed by atoms with Crippen molar-refractivity contribution < 1.29 is 9.53 Å². The molecule has 0 aromatic heterocycles. The zero-order chi connectivity index (χ0) is 15.6. The minimum atomic E-state index is -0.169. The number of amides is 1. The first kappa shape index (κ1) is 17.7. The third-order valence-electron chi connectivity index (χ3n) is 2.66. The van der Waals surface area contributed by atoms with Gasteiger partial charge in [-0.25, -0.2) is 0 Å². The van der Waals surface area contributed by atoms with Crippen molar-refractivity contribution in [3.8, 4) is 5.75 Å². The van der Waals surface area contributed by atoms with Crippen molar-refractivity contribution in [3.05, 3.63) is 51.1 Å². The molecule has 21 heavy (non-hydrogen) atoms. The van der Waals surface area contributed by atoms with E-state index < -0.39 is 0 Å². The van der Waals surface area contributed by atoms with E-state index in [1.54, 1.807) is 25.3 Å². The number of rotatable bonds is 3. The van der Waals surface area contributed by atoms with E-state index in [-0.39, 0.29) is 5.91 Å². The van der Waals surface area contributed by atoms with E-state index in [9.17, 15) is 4.79 Å². The van der Waals surface area contributed by atoms with Gasteiger partial charge in [0.2, 0.25) is 0 Å². The van der Waals surface area contributed by atoms with Crippen LogP contribution >= 0.6 is 83.7 Å². The van der Waals surface area contributed by atoms with Gasteiger partial charge < -0.3 is 10.1 Å². The SMILES string of the molecule is COc1ccc(Br)c(C(=O)Nc2c(I)cc(I)cc2I)c1. The first-order valence-corrected chi connectivity index (χ1v) is 9.74. The Morgan fingerprint density at radius 1 is 1.14 bits per heavy atom. The van der Waals surface area contributed by atoms with Crippen molar-refractivity contribution in [3.63, 3.8) is 0 Å². The molecule has 2 aromatic carbocycles. The fourth-order valence-electron chi connectivity index (χ4n) is 1.65. The zero-order valence-corrected chi connectivity index (χ0v) is 18.8. The molecule has 0 heterocycles. The first-order chi connectivity index (χ1) is 9.92. The summed E-state index contributed by atoms with van der Waals surface area (Å²) in [7, 11) is 1.58. The van der Waals surface area contributed by atoms with Gasteiger partial charge in [-0.3, -0.25) is 4.79 Å². The van der Waals surface area contributed by atoms with Crippen molar-refractivity contribution in [1.29, 1.82) is 0 Å². The van der Waals surface area contributed by atoms with Crippen molar-refractivity contribution in [2.24, 2.45) is 0 Å². The fourth-order valence-corrected chi connectivity index (χ4v) is 5.93. The van der Waals surface area contributed by atoms with E-state index in [1.807, 2.05) is 12.1 Å². The lowest BCUT2D eigenvalue weighted by atomic mass is 10.2. The van der Waals surface area contributed by atoms with Crippen LogP contribution < -0.4 is 10.1 Å². The van der Waals surface area contributed by atoms with Crippen LogP contribution in [0, 0.1) is 10.7 Å². The summed E-state index contributed by atoms with van der Waals surface area (Å²) in [5.41, 5.74) is 1.37. The van der Waals surface area contributed by atoms with E-state index in [1.165, 1.54) is 0 Å². The number of benzene rings is 2. The largest absolute Gasteiger partial charge is 0.497 e. The molecule has 1 amide bonds. The van der Waals surface area contributed by atoms with Crippen LogP contribution in [0.2, 0.25) is 0 Å². The van der Waals surface area contributed by atoms with Gasteiger partial charge in [0.1, 0.15) is 5.75 Å². The fraction of sp³-hybridized carbons (Fsp3) is 0.0714. The second-order valence-electron chi connectivity index (χ2n) is 4.04. The molecule has 0 aliphatic carbocycles. The molecule has 0 radical (unpaired) electrons. The third-order valence-corrected chi connectivity index (χ3v) is 5.68. The molecule has 2 aromatic rings. The molecule has 7 heteroatoms. The van der Waals surface area contributed by atoms with Gasteiger partial charge in [0.25, 0.3) is 5.91 Å². The Morgan fingerprint density at radius 3 is 2.33 bits per heavy atom.